The van der Waals surface area contributed by atoms with Crippen molar-refractivity contribution in [2.45, 2.75) is 25.9 Å². The number of piperazine rings is 1. The Labute approximate surface area is 147 Å². The van der Waals surface area contributed by atoms with Crippen LogP contribution in [0.5, 0.6) is 0 Å². The van der Waals surface area contributed by atoms with Gasteiger partial charge in [-0.05, 0) is 6.42 Å². The third-order valence-corrected chi connectivity index (χ3v) is 4.47. The highest BCUT2D eigenvalue weighted by Crippen LogP contribution is 2.15. The average Bonchev–Trinajstić information content (AvgIpc) is 3.28. The molecule has 1 saturated heterocycles. The smallest absolute Gasteiger partial charge is 0.273 e. The number of hydrogen-bond donors (Lipinski definition) is 2. The van der Waals surface area contributed by atoms with Crippen LogP contribution in [-0.2, 0) is 13.6 Å². The molecule has 3 rings (SSSR count). The number of nitrogens with zero attached hydrogens (tertiary/aromatic N) is 6. The van der Waals surface area contributed by atoms with Crippen molar-refractivity contribution < 1.29 is 4.79 Å². The molecule has 9 heteroatoms. The lowest BCUT2D eigenvalue weighted by molar-refractivity contribution is 0.0930. The number of aryl methyl sites for hydroxylation is 1. The summed E-state index contributed by atoms with van der Waals surface area (Å²) in [5.74, 6) is -0.205. The number of nitrogens with one attached hydrogen (secondary N) is 2. The molecule has 0 aromatic carbocycles. The Morgan fingerprint density at radius 3 is 2.80 bits per heavy atom. The third kappa shape index (κ3) is 4.64. The van der Waals surface area contributed by atoms with E-state index in [0.29, 0.717) is 5.69 Å². The highest BCUT2D eigenvalue weighted by Gasteiger charge is 2.18. The van der Waals surface area contributed by atoms with Gasteiger partial charge < -0.3 is 10.6 Å². The van der Waals surface area contributed by atoms with Gasteiger partial charge in [0.2, 0.25) is 0 Å². The van der Waals surface area contributed by atoms with E-state index in [4.69, 9.17) is 0 Å². The van der Waals surface area contributed by atoms with Crippen LogP contribution < -0.4 is 10.6 Å². The van der Waals surface area contributed by atoms with Crippen LogP contribution in [0.3, 0.4) is 0 Å². The molecule has 1 atom stereocenters. The van der Waals surface area contributed by atoms with E-state index in [2.05, 4.69) is 30.9 Å². The van der Waals surface area contributed by atoms with Gasteiger partial charge >= 0.3 is 0 Å². The van der Waals surface area contributed by atoms with Gasteiger partial charge in [0.05, 0.1) is 25.0 Å². The summed E-state index contributed by atoms with van der Waals surface area (Å²) in [4.78, 5) is 14.8. The van der Waals surface area contributed by atoms with Crippen molar-refractivity contribution in [2.24, 2.45) is 7.05 Å². The SMILES string of the molecule is CC[C@H](NC(=O)c1cn(CCN2CCNCC2)nn1)c1cnn(C)c1. The molecule has 0 saturated carbocycles. The molecule has 1 amide bonds. The predicted octanol–water partition coefficient (Wildman–Crippen LogP) is -0.202. The summed E-state index contributed by atoms with van der Waals surface area (Å²) in [7, 11) is 1.86. The first kappa shape index (κ1) is 17.6. The number of hydrogen-bond acceptors (Lipinski definition) is 6. The van der Waals surface area contributed by atoms with Crippen molar-refractivity contribution >= 4 is 5.91 Å². The summed E-state index contributed by atoms with van der Waals surface area (Å²) >= 11 is 0. The van der Waals surface area contributed by atoms with E-state index in [1.807, 2.05) is 20.2 Å². The molecule has 1 fully saturated rings. The van der Waals surface area contributed by atoms with Crippen LogP contribution >= 0.6 is 0 Å². The van der Waals surface area contributed by atoms with Crippen molar-refractivity contribution in [2.75, 3.05) is 32.7 Å². The van der Waals surface area contributed by atoms with Gasteiger partial charge in [-0.3, -0.25) is 19.1 Å². The molecule has 136 valence electrons. The second-order valence-corrected chi connectivity index (χ2v) is 6.34. The molecule has 2 aromatic rings. The molecule has 0 aliphatic carbocycles. The van der Waals surface area contributed by atoms with Gasteiger partial charge in [0.15, 0.2) is 5.69 Å². The van der Waals surface area contributed by atoms with Gasteiger partial charge in [-0.15, -0.1) is 5.10 Å². The first-order valence-corrected chi connectivity index (χ1v) is 8.78. The minimum atomic E-state index is -0.205. The van der Waals surface area contributed by atoms with Crippen molar-refractivity contribution in [3.63, 3.8) is 0 Å². The van der Waals surface area contributed by atoms with E-state index < -0.39 is 0 Å². The molecule has 0 spiro atoms. The number of aromatic nitrogens is 5. The largest absolute Gasteiger partial charge is 0.344 e. The highest BCUT2D eigenvalue weighted by molar-refractivity contribution is 5.92. The molecule has 1 aliphatic rings. The lowest BCUT2D eigenvalue weighted by Crippen LogP contribution is -2.44. The molecular weight excluding hydrogens is 320 g/mol. The summed E-state index contributed by atoms with van der Waals surface area (Å²) in [6, 6.07) is -0.0767. The molecular formula is C16H26N8O. The number of carbonyl (C=O) groups excluding carboxylic acids is 1. The van der Waals surface area contributed by atoms with E-state index in [-0.39, 0.29) is 11.9 Å². The summed E-state index contributed by atoms with van der Waals surface area (Å²) in [5.41, 5.74) is 1.34. The fourth-order valence-corrected chi connectivity index (χ4v) is 2.96. The van der Waals surface area contributed by atoms with E-state index in [9.17, 15) is 4.79 Å². The van der Waals surface area contributed by atoms with E-state index in [1.165, 1.54) is 0 Å². The minimum Gasteiger partial charge on any atom is -0.344 e. The Hall–Kier alpha value is -2.26. The van der Waals surface area contributed by atoms with Crippen molar-refractivity contribution in [3.8, 4) is 0 Å². The summed E-state index contributed by atoms with van der Waals surface area (Å²) < 4.78 is 3.47. The van der Waals surface area contributed by atoms with Gasteiger partial charge in [-0.1, -0.05) is 12.1 Å². The Balaban J connectivity index is 1.54. The maximum Gasteiger partial charge on any atom is 0.273 e. The van der Waals surface area contributed by atoms with Gasteiger partial charge in [-0.25, -0.2) is 0 Å². The molecule has 2 aromatic heterocycles. The van der Waals surface area contributed by atoms with Crippen LogP contribution in [-0.4, -0.2) is 68.3 Å². The Kier molecular flexibility index (Phi) is 5.77. The summed E-state index contributed by atoms with van der Waals surface area (Å²) in [6.07, 6.45) is 6.19. The number of amides is 1. The van der Waals surface area contributed by atoms with Crippen molar-refractivity contribution in [1.29, 1.82) is 0 Å². The van der Waals surface area contributed by atoms with E-state index >= 15 is 0 Å². The van der Waals surface area contributed by atoms with E-state index in [1.54, 1.807) is 21.8 Å². The quantitative estimate of drug-likeness (QED) is 0.721. The van der Waals surface area contributed by atoms with Crippen LogP contribution in [0, 0.1) is 0 Å². The lowest BCUT2D eigenvalue weighted by Gasteiger charge is -2.26. The molecule has 25 heavy (non-hydrogen) atoms. The zero-order chi connectivity index (χ0) is 17.6. The zero-order valence-electron chi connectivity index (χ0n) is 14.9. The van der Waals surface area contributed by atoms with Crippen LogP contribution in [0.15, 0.2) is 18.6 Å². The standard InChI is InChI=1S/C16H26N8O/c1-3-14(13-10-18-22(2)11-13)19-16(25)15-12-24(21-20-15)9-8-23-6-4-17-5-7-23/h10-12,14,17H,3-9H2,1-2H3,(H,19,25)/t14-/m0/s1. The fraction of sp³-hybridized carbons (Fsp3) is 0.625. The second-order valence-electron chi connectivity index (χ2n) is 6.34. The molecule has 2 N–H and O–H groups in total. The van der Waals surface area contributed by atoms with Crippen LogP contribution in [0.1, 0.15) is 35.4 Å². The van der Waals surface area contributed by atoms with Crippen LogP contribution in [0.25, 0.3) is 0 Å². The number of rotatable bonds is 7. The van der Waals surface area contributed by atoms with Crippen LogP contribution in [0.2, 0.25) is 0 Å². The van der Waals surface area contributed by atoms with Gasteiger partial charge in [0, 0.05) is 51.5 Å². The Bertz CT molecular complexity index is 688. The second kappa shape index (κ2) is 8.21. The zero-order valence-corrected chi connectivity index (χ0v) is 14.9. The first-order chi connectivity index (χ1) is 12.2. The normalized spacial score (nSPS) is 16.7. The molecule has 0 radical (unpaired) electrons. The van der Waals surface area contributed by atoms with E-state index in [0.717, 1.165) is 51.3 Å². The minimum absolute atomic E-state index is 0.0767. The maximum atomic E-state index is 12.4. The first-order valence-electron chi connectivity index (χ1n) is 8.78. The maximum absolute atomic E-state index is 12.4. The predicted molar refractivity (Wildman–Crippen MR) is 93.0 cm³/mol. The van der Waals surface area contributed by atoms with Gasteiger partial charge in [0.25, 0.3) is 5.91 Å². The molecule has 1 aliphatic heterocycles. The summed E-state index contributed by atoms with van der Waals surface area (Å²) in [5, 5.41) is 18.6. The van der Waals surface area contributed by atoms with Gasteiger partial charge in [-0.2, -0.15) is 5.10 Å². The molecule has 0 unspecified atom stereocenters. The van der Waals surface area contributed by atoms with Gasteiger partial charge in [0.1, 0.15) is 0 Å². The monoisotopic (exact) mass is 346 g/mol. The third-order valence-electron chi connectivity index (χ3n) is 4.47. The molecule has 0 bridgehead atoms. The number of carbonyl (C=O) groups is 1. The highest BCUT2D eigenvalue weighted by atomic mass is 16.2. The van der Waals surface area contributed by atoms with Crippen molar-refractivity contribution in [1.82, 2.24) is 40.3 Å². The molecule has 9 nitrogen and oxygen atoms in total. The fourth-order valence-electron chi connectivity index (χ4n) is 2.96. The average molecular weight is 346 g/mol. The molecule has 3 heterocycles. The Morgan fingerprint density at radius 2 is 2.12 bits per heavy atom. The topological polar surface area (TPSA) is 92.9 Å². The lowest BCUT2D eigenvalue weighted by atomic mass is 10.1. The van der Waals surface area contributed by atoms with Crippen LogP contribution in [0.4, 0.5) is 0 Å². The summed E-state index contributed by atoms with van der Waals surface area (Å²) in [6.45, 7) is 7.83. The Morgan fingerprint density at radius 1 is 1.32 bits per heavy atom. The van der Waals surface area contributed by atoms with Crippen molar-refractivity contribution in [3.05, 3.63) is 29.8 Å².